The highest BCUT2D eigenvalue weighted by Gasteiger charge is 2.76. The highest BCUT2D eigenvalue weighted by Crippen LogP contribution is 2.72. The lowest BCUT2D eigenvalue weighted by Crippen LogP contribution is -2.78. The number of furan rings is 1. The predicted octanol–water partition coefficient (Wildman–Crippen LogP) is 4.35. The van der Waals surface area contributed by atoms with Crippen LogP contribution in [0.2, 0.25) is 0 Å². The molecule has 0 radical (unpaired) electrons. The molecular weight excluding hydrogens is 540 g/mol. The molecule has 42 heavy (non-hydrogen) atoms. The van der Waals surface area contributed by atoms with Crippen molar-refractivity contribution in [2.75, 3.05) is 7.11 Å². The summed E-state index contributed by atoms with van der Waals surface area (Å²) < 4.78 is 23.8. The number of carbonyl (C=O) groups excluding carboxylic acids is 3. The summed E-state index contributed by atoms with van der Waals surface area (Å²) in [6.45, 7) is 15.9. The molecule has 9 heteroatoms. The smallest absolute Gasteiger partial charge is 0.309 e. The Kier molecular flexibility index (Phi) is 7.59. The number of esters is 2. The van der Waals surface area contributed by atoms with Gasteiger partial charge in [0.15, 0.2) is 6.10 Å². The van der Waals surface area contributed by atoms with Gasteiger partial charge in [-0.05, 0) is 41.4 Å². The third-order valence-electron chi connectivity index (χ3n) is 11.9. The molecule has 4 fully saturated rings. The van der Waals surface area contributed by atoms with Crippen LogP contribution in [-0.4, -0.2) is 65.1 Å². The highest BCUT2D eigenvalue weighted by molar-refractivity contribution is 5.83. The van der Waals surface area contributed by atoms with Crippen molar-refractivity contribution in [1.29, 1.82) is 0 Å². The van der Waals surface area contributed by atoms with E-state index in [1.807, 2.05) is 40.7 Å². The summed E-state index contributed by atoms with van der Waals surface area (Å²) in [5.41, 5.74) is -2.47. The molecule has 0 amide bonds. The number of ketones is 1. The summed E-state index contributed by atoms with van der Waals surface area (Å²) in [6.07, 6.45) is 0.221. The number of methoxy groups -OCH3 is 1. The summed E-state index contributed by atoms with van der Waals surface area (Å²) in [5, 5.41) is 24.0. The van der Waals surface area contributed by atoms with Crippen LogP contribution in [0.25, 0.3) is 0 Å². The molecule has 232 valence electrons. The lowest BCUT2D eigenvalue weighted by molar-refractivity contribution is -0.339. The van der Waals surface area contributed by atoms with Crippen LogP contribution in [0, 0.1) is 34.0 Å². The van der Waals surface area contributed by atoms with Crippen LogP contribution in [0.1, 0.15) is 85.1 Å². The monoisotopic (exact) mass is 586 g/mol. The molecule has 5 rings (SSSR count). The van der Waals surface area contributed by atoms with E-state index in [4.69, 9.17) is 18.6 Å². The van der Waals surface area contributed by atoms with Gasteiger partial charge in [-0.3, -0.25) is 14.4 Å². The zero-order valence-corrected chi connectivity index (χ0v) is 25.8. The molecule has 2 N–H and O–H groups in total. The zero-order chi connectivity index (χ0) is 31.0. The van der Waals surface area contributed by atoms with Gasteiger partial charge >= 0.3 is 11.9 Å². The molecule has 1 aliphatic heterocycles. The molecule has 2 heterocycles. The number of Topliss-reactive ketones (excluding diaryl/α,β-unsaturated/α-hetero) is 1. The van der Waals surface area contributed by atoms with Crippen molar-refractivity contribution < 1.29 is 43.2 Å². The predicted molar refractivity (Wildman–Crippen MR) is 152 cm³/mol. The van der Waals surface area contributed by atoms with E-state index in [1.54, 1.807) is 19.5 Å². The minimum atomic E-state index is -1.20. The second kappa shape index (κ2) is 10.3. The molecular formula is C33H46O9. The van der Waals surface area contributed by atoms with Crippen molar-refractivity contribution in [3.63, 3.8) is 0 Å². The second-order valence-corrected chi connectivity index (χ2v) is 14.3. The van der Waals surface area contributed by atoms with Crippen LogP contribution >= 0.6 is 0 Å². The van der Waals surface area contributed by atoms with Crippen LogP contribution in [0.5, 0.6) is 0 Å². The van der Waals surface area contributed by atoms with E-state index in [9.17, 15) is 24.6 Å². The number of hydrogen-bond acceptors (Lipinski definition) is 9. The first kappa shape index (κ1) is 31.0. The van der Waals surface area contributed by atoms with Gasteiger partial charge in [-0.1, -0.05) is 48.1 Å². The average molecular weight is 587 g/mol. The van der Waals surface area contributed by atoms with Gasteiger partial charge in [-0.25, -0.2) is 0 Å². The van der Waals surface area contributed by atoms with Crippen molar-refractivity contribution in [2.45, 2.75) is 110 Å². The van der Waals surface area contributed by atoms with Crippen molar-refractivity contribution in [3.05, 3.63) is 36.3 Å². The van der Waals surface area contributed by atoms with E-state index < -0.39 is 76.0 Å². The SMILES string of the molecule is C=C1C2[C@H](O)C[C@@]3(C)[C@H](c4ccoc4)CC(=O)C[C@]13O[C@H]1[C@@H](OC(=O)[C@@H](C)CC)[C@H](O)C(C)(C)[C@H](CC(=O)OC)[C@@]21C. The average Bonchev–Trinajstić information content (AvgIpc) is 3.46. The largest absolute Gasteiger partial charge is 0.472 e. The molecule has 1 saturated heterocycles. The minimum absolute atomic E-state index is 0.00508. The molecule has 1 aromatic rings. The number of carbonyl (C=O) groups is 3. The number of aliphatic hydroxyl groups excluding tert-OH is 2. The molecule has 3 saturated carbocycles. The van der Waals surface area contributed by atoms with Gasteiger partial charge in [-0.15, -0.1) is 0 Å². The van der Waals surface area contributed by atoms with E-state index in [2.05, 4.69) is 6.58 Å². The van der Waals surface area contributed by atoms with E-state index in [0.717, 1.165) is 5.56 Å². The molecule has 3 aliphatic carbocycles. The molecule has 1 unspecified atom stereocenters. The Morgan fingerprint density at radius 2 is 1.90 bits per heavy atom. The Bertz CT molecular complexity index is 1250. The van der Waals surface area contributed by atoms with E-state index >= 15 is 0 Å². The van der Waals surface area contributed by atoms with E-state index in [-0.39, 0.29) is 31.0 Å². The molecule has 1 aromatic heterocycles. The lowest BCUT2D eigenvalue weighted by atomic mass is 9.39. The standard InChI is InChI=1S/C33H46O9/c1-9-17(2)29(38)41-26-27(37)30(4,5)23(13-24(36)39-8)32(7)25-18(3)33(42-28(26)32)14-20(34)12-21(19-10-11-40-16-19)31(33,6)15-22(25)35/h10-11,16-17,21-23,25-28,35,37H,3,9,12-15H2,1-2,4-8H3/t17-,21-,22+,23-,25?,26-,27-,28-,31-,32-,33-/m0/s1. The number of ether oxygens (including phenoxy) is 3. The molecule has 0 aromatic carbocycles. The van der Waals surface area contributed by atoms with Crippen molar-refractivity contribution in [1.82, 2.24) is 0 Å². The molecule has 9 nitrogen and oxygen atoms in total. The summed E-state index contributed by atoms with van der Waals surface area (Å²) in [7, 11) is 1.32. The van der Waals surface area contributed by atoms with Gasteiger partial charge in [0, 0.05) is 41.9 Å². The number of aliphatic hydroxyl groups is 2. The topological polar surface area (TPSA) is 132 Å². The summed E-state index contributed by atoms with van der Waals surface area (Å²) in [6, 6.07) is 1.84. The van der Waals surface area contributed by atoms with Gasteiger partial charge in [0.1, 0.15) is 17.5 Å². The van der Waals surface area contributed by atoms with E-state index in [1.165, 1.54) is 7.11 Å². The molecule has 1 spiro atoms. The van der Waals surface area contributed by atoms with Crippen LogP contribution in [0.3, 0.4) is 0 Å². The minimum Gasteiger partial charge on any atom is -0.472 e. The fraction of sp³-hybridized carbons (Fsp3) is 0.727. The van der Waals surface area contributed by atoms with Crippen molar-refractivity contribution in [3.8, 4) is 0 Å². The molecule has 2 bridgehead atoms. The van der Waals surface area contributed by atoms with Gasteiger partial charge < -0.3 is 28.8 Å². The maximum atomic E-state index is 13.5. The Morgan fingerprint density at radius 3 is 2.50 bits per heavy atom. The van der Waals surface area contributed by atoms with E-state index in [0.29, 0.717) is 18.4 Å². The number of hydrogen-bond donors (Lipinski definition) is 2. The van der Waals surface area contributed by atoms with Crippen molar-refractivity contribution in [2.24, 2.45) is 34.0 Å². The Morgan fingerprint density at radius 1 is 1.21 bits per heavy atom. The normalized spacial score (nSPS) is 43.1. The van der Waals surface area contributed by atoms with Crippen LogP contribution < -0.4 is 0 Å². The van der Waals surface area contributed by atoms with Gasteiger partial charge in [-0.2, -0.15) is 0 Å². The van der Waals surface area contributed by atoms with Crippen molar-refractivity contribution >= 4 is 17.7 Å². The number of fused-ring (bicyclic) bond motifs is 3. The fourth-order valence-corrected chi connectivity index (χ4v) is 9.34. The summed E-state index contributed by atoms with van der Waals surface area (Å²) in [4.78, 5) is 39.6. The molecule has 11 atom stereocenters. The first-order valence-corrected chi connectivity index (χ1v) is 15.1. The fourth-order valence-electron chi connectivity index (χ4n) is 9.34. The quantitative estimate of drug-likeness (QED) is 0.369. The first-order valence-electron chi connectivity index (χ1n) is 15.1. The maximum absolute atomic E-state index is 13.5. The third kappa shape index (κ3) is 4.09. The van der Waals surface area contributed by atoms with Gasteiger partial charge in [0.25, 0.3) is 0 Å². The highest BCUT2D eigenvalue weighted by atomic mass is 16.6. The maximum Gasteiger partial charge on any atom is 0.309 e. The summed E-state index contributed by atoms with van der Waals surface area (Å²) in [5.74, 6) is -2.79. The Labute approximate surface area is 248 Å². The Hall–Kier alpha value is -2.49. The van der Waals surface area contributed by atoms with Crippen LogP contribution in [-0.2, 0) is 28.6 Å². The summed E-state index contributed by atoms with van der Waals surface area (Å²) >= 11 is 0. The Balaban J connectivity index is 1.72. The number of rotatable bonds is 6. The van der Waals surface area contributed by atoms with Gasteiger partial charge in [0.2, 0.25) is 0 Å². The first-order chi connectivity index (χ1) is 19.6. The zero-order valence-electron chi connectivity index (χ0n) is 25.8. The van der Waals surface area contributed by atoms with Gasteiger partial charge in [0.05, 0.1) is 37.8 Å². The van der Waals surface area contributed by atoms with Crippen LogP contribution in [0.15, 0.2) is 35.2 Å². The lowest BCUT2D eigenvalue weighted by Gasteiger charge is -2.73. The third-order valence-corrected chi connectivity index (χ3v) is 11.9. The molecule has 4 aliphatic rings. The second-order valence-electron chi connectivity index (χ2n) is 14.3. The van der Waals surface area contributed by atoms with Crippen LogP contribution in [0.4, 0.5) is 0 Å².